The summed E-state index contributed by atoms with van der Waals surface area (Å²) in [5, 5.41) is 26.0. The molecule has 1 saturated heterocycles. The Morgan fingerprint density at radius 1 is 1.02 bits per heavy atom. The zero-order valence-corrected chi connectivity index (χ0v) is 26.8. The van der Waals surface area contributed by atoms with Gasteiger partial charge in [0, 0.05) is 35.3 Å². The van der Waals surface area contributed by atoms with Crippen molar-refractivity contribution in [3.8, 4) is 16.8 Å². The van der Waals surface area contributed by atoms with Crippen molar-refractivity contribution < 1.29 is 14.3 Å². The van der Waals surface area contributed by atoms with E-state index in [2.05, 4.69) is 51.9 Å². The average Bonchev–Trinajstić information content (AvgIpc) is 3.62. The summed E-state index contributed by atoms with van der Waals surface area (Å²) in [6.45, 7) is 5.83. The highest BCUT2D eigenvalue weighted by atomic mass is 35.5. The second kappa shape index (κ2) is 14.1. The van der Waals surface area contributed by atoms with Crippen LogP contribution in [0, 0.1) is 11.1 Å². The predicted molar refractivity (Wildman–Crippen MR) is 177 cm³/mol. The number of hydrogen-bond donors (Lipinski definition) is 0. The van der Waals surface area contributed by atoms with Crippen LogP contribution < -0.4 is 4.73 Å². The number of nitrogens with zero attached hydrogens (tertiary/aromatic N) is 6. The maximum absolute atomic E-state index is 13.9. The van der Waals surface area contributed by atoms with Gasteiger partial charge >= 0.3 is 6.09 Å². The zero-order chi connectivity index (χ0) is 32.0. The summed E-state index contributed by atoms with van der Waals surface area (Å²) < 4.78 is 7.98. The minimum absolute atomic E-state index is 0.182. The summed E-state index contributed by atoms with van der Waals surface area (Å²) in [5.74, 6) is 0.447. The maximum Gasteiger partial charge on any atom is 0.409 e. The molecule has 3 aromatic carbocycles. The molecule has 2 aromatic heterocycles. The van der Waals surface area contributed by atoms with Gasteiger partial charge in [0.05, 0.1) is 18.2 Å². The molecule has 1 amide bonds. The minimum atomic E-state index is -0.227. The summed E-state index contributed by atoms with van der Waals surface area (Å²) in [4.78, 5) is 14.3. The first-order valence-corrected chi connectivity index (χ1v) is 16.1. The molecular weight excluding hydrogens is 600 g/mol. The van der Waals surface area contributed by atoms with Crippen LogP contribution in [0.1, 0.15) is 60.9 Å². The van der Waals surface area contributed by atoms with Crippen LogP contribution in [0.4, 0.5) is 4.79 Å². The zero-order valence-electron chi connectivity index (χ0n) is 26.0. The second-order valence-electron chi connectivity index (χ2n) is 12.2. The van der Waals surface area contributed by atoms with Gasteiger partial charge in [-0.2, -0.15) is 9.41 Å². The molecule has 5 aromatic rings. The number of piperidine rings is 1. The van der Waals surface area contributed by atoms with Crippen molar-refractivity contribution in [1.82, 2.24) is 25.1 Å². The van der Waals surface area contributed by atoms with Crippen LogP contribution in [0.5, 0.6) is 0 Å². The molecule has 46 heavy (non-hydrogen) atoms. The van der Waals surface area contributed by atoms with Crippen LogP contribution >= 0.6 is 11.6 Å². The fourth-order valence-corrected chi connectivity index (χ4v) is 6.30. The van der Waals surface area contributed by atoms with E-state index in [1.54, 1.807) is 16.9 Å². The summed E-state index contributed by atoms with van der Waals surface area (Å²) >= 11 is 6.38. The van der Waals surface area contributed by atoms with E-state index in [-0.39, 0.29) is 12.0 Å². The number of tetrazole rings is 1. The third kappa shape index (κ3) is 7.21. The van der Waals surface area contributed by atoms with Gasteiger partial charge in [-0.15, -0.1) is 5.10 Å². The van der Waals surface area contributed by atoms with Gasteiger partial charge in [0.2, 0.25) is 5.69 Å². The molecule has 6 rings (SSSR count). The lowest BCUT2D eigenvalue weighted by molar-refractivity contribution is -0.614. The first kappa shape index (κ1) is 31.2. The predicted octanol–water partition coefficient (Wildman–Crippen LogP) is 6.96. The molecule has 0 N–H and O–H groups in total. The van der Waals surface area contributed by atoms with E-state index in [0.717, 1.165) is 39.9 Å². The summed E-state index contributed by atoms with van der Waals surface area (Å²) in [6, 6.07) is 28.1. The summed E-state index contributed by atoms with van der Waals surface area (Å²) in [6.07, 6.45) is 5.28. The molecular formula is C36H37ClN6O3. The number of ether oxygens (including phenoxy) is 1. The Kier molecular flexibility index (Phi) is 9.59. The van der Waals surface area contributed by atoms with Crippen LogP contribution in [0.2, 0.25) is 5.02 Å². The van der Waals surface area contributed by atoms with Crippen LogP contribution in [-0.2, 0) is 11.2 Å². The number of amides is 1. The molecule has 0 saturated carbocycles. The molecule has 1 aliphatic rings. The summed E-state index contributed by atoms with van der Waals surface area (Å²) in [5.41, 5.74) is 6.27. The van der Waals surface area contributed by atoms with E-state index < -0.39 is 0 Å². The average molecular weight is 637 g/mol. The molecule has 0 aliphatic carbocycles. The third-order valence-electron chi connectivity index (χ3n) is 8.53. The van der Waals surface area contributed by atoms with Gasteiger partial charge in [0.1, 0.15) is 6.33 Å². The monoisotopic (exact) mass is 636 g/mol. The molecule has 0 radical (unpaired) electrons. The standard InChI is InChI=1S/C36H37ClN6O3/c1-25(2)23-46-36(44)41-17-15-27(16-18-41)28-9-6-10-29(20-28)32(19-26-7-4-3-5-8-26)35-13-11-30(22-43(35)45)33-21-31(37)12-14-34(33)42-24-38-39-40-42/h3-14,20-22,24-25,27,32H,15-19,23H2,1-2H3. The van der Waals surface area contributed by atoms with Crippen molar-refractivity contribution in [2.24, 2.45) is 5.92 Å². The van der Waals surface area contributed by atoms with E-state index in [1.807, 2.05) is 61.2 Å². The van der Waals surface area contributed by atoms with Gasteiger partial charge in [-0.05, 0) is 82.5 Å². The first-order valence-electron chi connectivity index (χ1n) is 15.7. The van der Waals surface area contributed by atoms with Crippen molar-refractivity contribution in [2.75, 3.05) is 19.7 Å². The molecule has 0 spiro atoms. The van der Waals surface area contributed by atoms with Crippen molar-refractivity contribution >= 4 is 17.7 Å². The lowest BCUT2D eigenvalue weighted by Gasteiger charge is -2.32. The van der Waals surface area contributed by atoms with Crippen LogP contribution in [0.25, 0.3) is 16.8 Å². The number of aromatic nitrogens is 5. The lowest BCUT2D eigenvalue weighted by Crippen LogP contribution is -2.38. The van der Waals surface area contributed by atoms with Gasteiger partial charge < -0.3 is 14.8 Å². The number of rotatable bonds is 9. The Morgan fingerprint density at radius 3 is 2.54 bits per heavy atom. The topological polar surface area (TPSA) is 100 Å². The third-order valence-corrected chi connectivity index (χ3v) is 8.76. The fourth-order valence-electron chi connectivity index (χ4n) is 6.13. The molecule has 0 bridgehead atoms. The Labute approximate surface area is 274 Å². The smallest absolute Gasteiger partial charge is 0.409 e. The lowest BCUT2D eigenvalue weighted by atomic mass is 9.84. The van der Waals surface area contributed by atoms with Crippen molar-refractivity contribution in [3.63, 3.8) is 0 Å². The normalized spacial score (nSPS) is 14.4. The fraction of sp³-hybridized carbons (Fsp3) is 0.306. The Bertz CT molecular complexity index is 1770. The number of benzene rings is 3. The van der Waals surface area contributed by atoms with E-state index in [4.69, 9.17) is 16.3 Å². The largest absolute Gasteiger partial charge is 0.618 e. The van der Waals surface area contributed by atoms with E-state index in [9.17, 15) is 10.0 Å². The molecule has 1 atom stereocenters. The van der Waals surface area contributed by atoms with Crippen molar-refractivity contribution in [1.29, 1.82) is 0 Å². The number of pyridine rings is 1. The van der Waals surface area contributed by atoms with E-state index in [1.165, 1.54) is 11.9 Å². The highest BCUT2D eigenvalue weighted by Crippen LogP contribution is 2.34. The molecule has 9 nitrogen and oxygen atoms in total. The second-order valence-corrected chi connectivity index (χ2v) is 12.7. The highest BCUT2D eigenvalue weighted by molar-refractivity contribution is 6.31. The Balaban J connectivity index is 1.29. The molecule has 10 heteroatoms. The number of halogens is 1. The highest BCUT2D eigenvalue weighted by Gasteiger charge is 2.28. The first-order chi connectivity index (χ1) is 22.4. The Morgan fingerprint density at radius 2 is 1.83 bits per heavy atom. The van der Waals surface area contributed by atoms with Crippen LogP contribution in [0.15, 0.2) is 97.5 Å². The maximum atomic E-state index is 13.9. The van der Waals surface area contributed by atoms with E-state index in [0.29, 0.717) is 54.2 Å². The molecule has 1 unspecified atom stereocenters. The van der Waals surface area contributed by atoms with Crippen molar-refractivity contribution in [3.05, 3.63) is 130 Å². The molecule has 1 aliphatic heterocycles. The van der Waals surface area contributed by atoms with E-state index >= 15 is 0 Å². The van der Waals surface area contributed by atoms with Crippen molar-refractivity contribution in [2.45, 2.75) is 44.9 Å². The summed E-state index contributed by atoms with van der Waals surface area (Å²) in [7, 11) is 0. The number of carbonyl (C=O) groups is 1. The van der Waals surface area contributed by atoms with Gasteiger partial charge in [-0.3, -0.25) is 0 Å². The number of hydrogen-bond acceptors (Lipinski definition) is 6. The molecule has 236 valence electrons. The SMILES string of the molecule is CC(C)COC(=O)N1CCC(c2cccc(C(Cc3ccccc3)c3ccc(-c4cc(Cl)ccc4-n4cnnn4)c[n+]3[O-])c2)CC1. The van der Waals surface area contributed by atoms with Gasteiger partial charge in [0.15, 0.2) is 6.20 Å². The molecule has 1 fully saturated rings. The van der Waals surface area contributed by atoms with Crippen LogP contribution in [0.3, 0.4) is 0 Å². The van der Waals surface area contributed by atoms with Gasteiger partial charge in [-0.25, -0.2) is 4.79 Å². The quantitative estimate of drug-likeness (QED) is 0.128. The molecule has 3 heterocycles. The number of carbonyl (C=O) groups excluding carboxylic acids is 1. The van der Waals surface area contributed by atoms with Gasteiger partial charge in [-0.1, -0.05) is 80.0 Å². The van der Waals surface area contributed by atoms with Crippen LogP contribution in [-0.4, -0.2) is 50.9 Å². The minimum Gasteiger partial charge on any atom is -0.618 e. The Hall–Kier alpha value is -4.76. The van der Waals surface area contributed by atoms with Gasteiger partial charge in [0.25, 0.3) is 0 Å². The number of likely N-dealkylation sites (tertiary alicyclic amines) is 1.